The minimum absolute atomic E-state index is 0.0832. The number of carbonyl (C=O) groups excluding carboxylic acids is 1. The maximum Gasteiger partial charge on any atom is 0.303 e. The van der Waals surface area contributed by atoms with Crippen molar-refractivity contribution in [2.24, 2.45) is 0 Å². The van der Waals surface area contributed by atoms with Crippen molar-refractivity contribution in [1.82, 2.24) is 4.98 Å². The van der Waals surface area contributed by atoms with E-state index in [0.717, 1.165) is 5.56 Å². The molecule has 6 nitrogen and oxygen atoms in total. The van der Waals surface area contributed by atoms with Gasteiger partial charge in [-0.25, -0.2) is 4.98 Å². The topological polar surface area (TPSA) is 88.5 Å². The standard InChI is InChI=1S/C18H20N2O4/c1-13-6-9-15(10-7-13)24-17-11-8-14(12-19-17)20-16(21)4-2-3-5-18(22)23/h6-12H,2-5H2,1H3,(H,20,21)(H,22,23). The van der Waals surface area contributed by atoms with Crippen LogP contribution in [0.5, 0.6) is 11.6 Å². The zero-order valence-corrected chi connectivity index (χ0v) is 13.5. The van der Waals surface area contributed by atoms with Gasteiger partial charge in [0.05, 0.1) is 11.9 Å². The Labute approximate surface area is 140 Å². The van der Waals surface area contributed by atoms with Crippen LogP contribution in [0, 0.1) is 6.92 Å². The zero-order valence-electron chi connectivity index (χ0n) is 13.5. The predicted octanol–water partition coefficient (Wildman–Crippen LogP) is 3.77. The first kappa shape index (κ1) is 17.5. The Hall–Kier alpha value is -2.89. The highest BCUT2D eigenvalue weighted by Crippen LogP contribution is 2.20. The number of anilines is 1. The molecule has 1 aromatic heterocycles. The second kappa shape index (κ2) is 8.67. The summed E-state index contributed by atoms with van der Waals surface area (Å²) in [5.41, 5.74) is 1.73. The Morgan fingerprint density at radius 2 is 1.79 bits per heavy atom. The first-order valence-electron chi connectivity index (χ1n) is 7.75. The van der Waals surface area contributed by atoms with Crippen LogP contribution in [0.25, 0.3) is 0 Å². The lowest BCUT2D eigenvalue weighted by Gasteiger charge is -2.07. The predicted molar refractivity (Wildman–Crippen MR) is 90.2 cm³/mol. The van der Waals surface area contributed by atoms with Crippen molar-refractivity contribution in [2.75, 3.05) is 5.32 Å². The van der Waals surface area contributed by atoms with Crippen molar-refractivity contribution >= 4 is 17.6 Å². The molecule has 0 bridgehead atoms. The van der Waals surface area contributed by atoms with Crippen molar-refractivity contribution < 1.29 is 19.4 Å². The van der Waals surface area contributed by atoms with Crippen LogP contribution in [0.1, 0.15) is 31.2 Å². The molecule has 6 heteroatoms. The first-order valence-corrected chi connectivity index (χ1v) is 7.75. The molecule has 24 heavy (non-hydrogen) atoms. The molecule has 1 amide bonds. The van der Waals surface area contributed by atoms with Gasteiger partial charge < -0.3 is 15.2 Å². The summed E-state index contributed by atoms with van der Waals surface area (Å²) in [6.07, 6.45) is 2.93. The molecular weight excluding hydrogens is 308 g/mol. The number of carbonyl (C=O) groups is 2. The van der Waals surface area contributed by atoms with Crippen LogP contribution in [-0.2, 0) is 9.59 Å². The van der Waals surface area contributed by atoms with E-state index in [1.54, 1.807) is 12.1 Å². The van der Waals surface area contributed by atoms with E-state index in [4.69, 9.17) is 9.84 Å². The summed E-state index contributed by atoms with van der Waals surface area (Å²) in [7, 11) is 0. The number of amides is 1. The summed E-state index contributed by atoms with van der Waals surface area (Å²) in [6, 6.07) is 11.0. The van der Waals surface area contributed by atoms with Gasteiger partial charge in [-0.15, -0.1) is 0 Å². The molecule has 1 heterocycles. The van der Waals surface area contributed by atoms with Crippen molar-refractivity contribution in [3.05, 3.63) is 48.2 Å². The monoisotopic (exact) mass is 328 g/mol. The number of aliphatic carboxylic acids is 1. The van der Waals surface area contributed by atoms with Crippen molar-refractivity contribution in [3.63, 3.8) is 0 Å². The Balaban J connectivity index is 1.80. The number of rotatable bonds is 8. The second-order valence-electron chi connectivity index (χ2n) is 5.45. The van der Waals surface area contributed by atoms with E-state index in [1.807, 2.05) is 31.2 Å². The first-order chi connectivity index (χ1) is 11.5. The summed E-state index contributed by atoms with van der Waals surface area (Å²) < 4.78 is 5.62. The van der Waals surface area contributed by atoms with Gasteiger partial charge in [0.1, 0.15) is 5.75 Å². The van der Waals surface area contributed by atoms with Gasteiger partial charge in [0.25, 0.3) is 0 Å². The number of aryl methyl sites for hydroxylation is 1. The number of carboxylic acids is 1. The van der Waals surface area contributed by atoms with E-state index in [2.05, 4.69) is 10.3 Å². The molecule has 126 valence electrons. The molecule has 1 aromatic carbocycles. The van der Waals surface area contributed by atoms with Gasteiger partial charge in [-0.2, -0.15) is 0 Å². The summed E-state index contributed by atoms with van der Waals surface area (Å²) >= 11 is 0. The maximum absolute atomic E-state index is 11.7. The highest BCUT2D eigenvalue weighted by molar-refractivity contribution is 5.90. The van der Waals surface area contributed by atoms with E-state index < -0.39 is 5.97 Å². The van der Waals surface area contributed by atoms with Crippen LogP contribution in [0.2, 0.25) is 0 Å². The quantitative estimate of drug-likeness (QED) is 0.720. The minimum atomic E-state index is -0.844. The molecular formula is C18H20N2O4. The van der Waals surface area contributed by atoms with Crippen LogP contribution in [0.4, 0.5) is 5.69 Å². The van der Waals surface area contributed by atoms with Crippen LogP contribution in [0.3, 0.4) is 0 Å². The molecule has 0 atom stereocenters. The van der Waals surface area contributed by atoms with Crippen molar-refractivity contribution in [1.29, 1.82) is 0 Å². The fourth-order valence-corrected chi connectivity index (χ4v) is 2.03. The number of carboxylic acid groups (broad SMARTS) is 1. The number of benzene rings is 1. The van der Waals surface area contributed by atoms with E-state index in [1.165, 1.54) is 6.20 Å². The number of aromatic nitrogens is 1. The lowest BCUT2D eigenvalue weighted by molar-refractivity contribution is -0.137. The average molecular weight is 328 g/mol. The number of pyridine rings is 1. The van der Waals surface area contributed by atoms with E-state index in [9.17, 15) is 9.59 Å². The normalized spacial score (nSPS) is 10.2. The SMILES string of the molecule is Cc1ccc(Oc2ccc(NC(=O)CCCCC(=O)O)cn2)cc1. The Morgan fingerprint density at radius 1 is 1.08 bits per heavy atom. The largest absolute Gasteiger partial charge is 0.481 e. The van der Waals surface area contributed by atoms with Crippen LogP contribution in [-0.4, -0.2) is 22.0 Å². The van der Waals surface area contributed by atoms with Gasteiger partial charge in [-0.05, 0) is 38.0 Å². The Morgan fingerprint density at radius 3 is 2.42 bits per heavy atom. The Kier molecular flexibility index (Phi) is 6.31. The van der Waals surface area contributed by atoms with E-state index >= 15 is 0 Å². The highest BCUT2D eigenvalue weighted by atomic mass is 16.5. The third-order valence-corrected chi connectivity index (χ3v) is 3.31. The molecule has 0 fully saturated rings. The fraction of sp³-hybridized carbons (Fsp3) is 0.278. The number of hydrogen-bond donors (Lipinski definition) is 2. The maximum atomic E-state index is 11.7. The van der Waals surface area contributed by atoms with E-state index in [0.29, 0.717) is 30.2 Å². The number of nitrogens with zero attached hydrogens (tertiary/aromatic N) is 1. The molecule has 0 unspecified atom stereocenters. The van der Waals surface area contributed by atoms with Crippen molar-refractivity contribution in [2.45, 2.75) is 32.6 Å². The molecule has 2 N–H and O–H groups in total. The second-order valence-corrected chi connectivity index (χ2v) is 5.45. The molecule has 0 saturated heterocycles. The summed E-state index contributed by atoms with van der Waals surface area (Å²) in [5.74, 6) is 0.139. The third kappa shape index (κ3) is 6.08. The highest BCUT2D eigenvalue weighted by Gasteiger charge is 2.05. The number of unbranched alkanes of at least 4 members (excludes halogenated alkanes) is 1. The molecule has 0 saturated carbocycles. The summed E-state index contributed by atoms with van der Waals surface area (Å²) in [6.45, 7) is 2.00. The lowest BCUT2D eigenvalue weighted by Crippen LogP contribution is -2.11. The Bertz CT molecular complexity index is 681. The molecule has 0 spiro atoms. The van der Waals surface area contributed by atoms with Crippen LogP contribution >= 0.6 is 0 Å². The van der Waals surface area contributed by atoms with Crippen molar-refractivity contribution in [3.8, 4) is 11.6 Å². The molecule has 2 rings (SSSR count). The number of ether oxygens (including phenoxy) is 1. The number of nitrogens with one attached hydrogen (secondary N) is 1. The molecule has 0 radical (unpaired) electrons. The molecule has 0 aliphatic rings. The third-order valence-electron chi connectivity index (χ3n) is 3.31. The summed E-state index contributed by atoms with van der Waals surface area (Å²) in [5, 5.41) is 11.3. The molecule has 2 aromatic rings. The van der Waals surface area contributed by atoms with Gasteiger partial charge in [0.15, 0.2) is 0 Å². The van der Waals surface area contributed by atoms with Crippen LogP contribution in [0.15, 0.2) is 42.6 Å². The van der Waals surface area contributed by atoms with E-state index in [-0.39, 0.29) is 18.7 Å². The van der Waals surface area contributed by atoms with Gasteiger partial charge in [0, 0.05) is 18.9 Å². The fourth-order valence-electron chi connectivity index (χ4n) is 2.03. The number of hydrogen-bond acceptors (Lipinski definition) is 4. The smallest absolute Gasteiger partial charge is 0.303 e. The molecule has 0 aliphatic heterocycles. The van der Waals surface area contributed by atoms with Gasteiger partial charge in [-0.3, -0.25) is 9.59 Å². The molecule has 0 aliphatic carbocycles. The van der Waals surface area contributed by atoms with Crippen LogP contribution < -0.4 is 10.1 Å². The average Bonchev–Trinajstić information content (AvgIpc) is 2.55. The van der Waals surface area contributed by atoms with Gasteiger partial charge in [0.2, 0.25) is 11.8 Å². The lowest BCUT2D eigenvalue weighted by atomic mass is 10.2. The van der Waals surface area contributed by atoms with Gasteiger partial charge >= 0.3 is 5.97 Å². The summed E-state index contributed by atoms with van der Waals surface area (Å²) in [4.78, 5) is 26.3. The van der Waals surface area contributed by atoms with Gasteiger partial charge in [-0.1, -0.05) is 17.7 Å². The zero-order chi connectivity index (χ0) is 17.4. The minimum Gasteiger partial charge on any atom is -0.481 e.